The Bertz CT molecular complexity index is 1000. The molecule has 0 amide bonds. The van der Waals surface area contributed by atoms with Crippen LogP contribution in [0.5, 0.6) is 0 Å². The molecule has 0 aromatic heterocycles. The van der Waals surface area contributed by atoms with E-state index in [4.69, 9.17) is 11.5 Å². The van der Waals surface area contributed by atoms with Crippen molar-refractivity contribution in [3.05, 3.63) is 47.5 Å². The van der Waals surface area contributed by atoms with Gasteiger partial charge in [0, 0.05) is 17.5 Å². The molecular formula is C26H36N4O2. The summed E-state index contributed by atoms with van der Waals surface area (Å²) in [6.45, 7) is 4.50. The van der Waals surface area contributed by atoms with Gasteiger partial charge in [-0.15, -0.1) is 5.10 Å². The maximum atomic E-state index is 12.3. The third-order valence-electron chi connectivity index (χ3n) is 9.85. The highest BCUT2D eigenvalue weighted by Gasteiger charge is 2.71. The Morgan fingerprint density at radius 1 is 1.00 bits per heavy atom. The van der Waals surface area contributed by atoms with Gasteiger partial charge in [-0.3, -0.25) is 0 Å². The maximum Gasteiger partial charge on any atom is 0.211 e. The summed E-state index contributed by atoms with van der Waals surface area (Å²) in [6, 6.07) is 9.98. The van der Waals surface area contributed by atoms with Gasteiger partial charge in [0.05, 0.1) is 11.2 Å². The zero-order chi connectivity index (χ0) is 22.8. The van der Waals surface area contributed by atoms with Crippen molar-refractivity contribution in [3.63, 3.8) is 0 Å². The second kappa shape index (κ2) is 7.16. The first kappa shape index (κ1) is 21.7. The molecule has 6 N–H and O–H groups in total. The van der Waals surface area contributed by atoms with Crippen LogP contribution in [0.2, 0.25) is 0 Å². The van der Waals surface area contributed by atoms with Gasteiger partial charge in [0.1, 0.15) is 0 Å². The van der Waals surface area contributed by atoms with Crippen LogP contribution >= 0.6 is 0 Å². The molecule has 1 aromatic carbocycles. The fourth-order valence-electron chi connectivity index (χ4n) is 7.86. The van der Waals surface area contributed by atoms with Gasteiger partial charge in [-0.1, -0.05) is 55.8 Å². The molecule has 0 spiro atoms. The minimum absolute atomic E-state index is 0.00977. The van der Waals surface area contributed by atoms with Crippen molar-refractivity contribution in [2.45, 2.75) is 76.4 Å². The van der Waals surface area contributed by atoms with Crippen molar-refractivity contribution >= 4 is 11.7 Å². The van der Waals surface area contributed by atoms with Gasteiger partial charge < -0.3 is 21.7 Å². The van der Waals surface area contributed by atoms with E-state index in [1.165, 1.54) is 5.57 Å². The molecule has 3 fully saturated rings. The van der Waals surface area contributed by atoms with E-state index in [0.29, 0.717) is 18.8 Å². The molecule has 32 heavy (non-hydrogen) atoms. The minimum atomic E-state index is -0.995. The quantitative estimate of drug-likeness (QED) is 0.245. The summed E-state index contributed by atoms with van der Waals surface area (Å²) in [5, 5.41) is 32.4. The molecule has 6 atom stereocenters. The first-order valence-electron chi connectivity index (χ1n) is 12.0. The third kappa shape index (κ3) is 2.78. The maximum absolute atomic E-state index is 12.3. The van der Waals surface area contributed by atoms with E-state index in [-0.39, 0.29) is 17.3 Å². The van der Waals surface area contributed by atoms with Gasteiger partial charge in [-0.25, -0.2) is 0 Å². The predicted octanol–water partition coefficient (Wildman–Crippen LogP) is 3.58. The van der Waals surface area contributed by atoms with Crippen LogP contribution in [0.3, 0.4) is 0 Å². The minimum Gasteiger partial charge on any atom is -0.389 e. The molecule has 4 aliphatic carbocycles. The summed E-state index contributed by atoms with van der Waals surface area (Å²) in [5.41, 5.74) is 11.9. The van der Waals surface area contributed by atoms with E-state index in [1.807, 2.05) is 30.3 Å². The normalized spacial score (nSPS) is 44.2. The first-order valence-corrected chi connectivity index (χ1v) is 12.0. The second-order valence-corrected chi connectivity index (χ2v) is 11.0. The molecule has 6 heteroatoms. The fraction of sp³-hybridized carbons (Fsp3) is 0.615. The van der Waals surface area contributed by atoms with Crippen LogP contribution in [-0.4, -0.2) is 27.5 Å². The lowest BCUT2D eigenvalue weighted by Gasteiger charge is -2.62. The molecule has 0 heterocycles. The van der Waals surface area contributed by atoms with Crippen LogP contribution in [-0.2, 0) is 5.60 Å². The molecule has 0 bridgehead atoms. The van der Waals surface area contributed by atoms with Crippen LogP contribution < -0.4 is 11.5 Å². The van der Waals surface area contributed by atoms with Crippen LogP contribution in [0.25, 0.3) is 0 Å². The molecule has 172 valence electrons. The van der Waals surface area contributed by atoms with Crippen LogP contribution in [0, 0.1) is 22.7 Å². The van der Waals surface area contributed by atoms with Gasteiger partial charge >= 0.3 is 0 Å². The fourth-order valence-corrected chi connectivity index (χ4v) is 7.86. The molecule has 1 unspecified atom stereocenters. The summed E-state index contributed by atoms with van der Waals surface area (Å²) >= 11 is 0. The lowest BCUT2D eigenvalue weighted by atomic mass is 9.45. The number of allylic oxidation sites excluding steroid dienone is 2. The van der Waals surface area contributed by atoms with Crippen molar-refractivity contribution in [2.24, 2.45) is 44.3 Å². The highest BCUT2D eigenvalue weighted by Crippen LogP contribution is 2.70. The SMILES string of the molecule is C[C@]12CCC(=NN=C(N)N)CC1=CC[C@@H]1[C@H]2CC[C@]2(C)C(O)(c3ccccc3)CC[C@@]12O. The Kier molecular flexibility index (Phi) is 4.84. The van der Waals surface area contributed by atoms with E-state index in [2.05, 4.69) is 30.1 Å². The molecule has 0 saturated heterocycles. The van der Waals surface area contributed by atoms with Crippen molar-refractivity contribution < 1.29 is 10.2 Å². The van der Waals surface area contributed by atoms with Gasteiger partial charge in [-0.05, 0) is 67.8 Å². The smallest absolute Gasteiger partial charge is 0.211 e. The Morgan fingerprint density at radius 3 is 2.47 bits per heavy atom. The van der Waals surface area contributed by atoms with E-state index < -0.39 is 16.6 Å². The number of hydrogen-bond acceptors (Lipinski definition) is 4. The number of rotatable bonds is 2. The molecule has 3 saturated carbocycles. The Balaban J connectivity index is 1.49. The average Bonchev–Trinajstić information content (AvgIpc) is 3.00. The van der Waals surface area contributed by atoms with Crippen molar-refractivity contribution in [2.75, 3.05) is 0 Å². The molecule has 0 radical (unpaired) electrons. The molecule has 0 aliphatic heterocycles. The van der Waals surface area contributed by atoms with Crippen molar-refractivity contribution in [1.82, 2.24) is 0 Å². The monoisotopic (exact) mass is 436 g/mol. The number of nitrogens with two attached hydrogens (primary N) is 2. The Labute approximate surface area is 190 Å². The van der Waals surface area contributed by atoms with E-state index in [0.717, 1.165) is 49.8 Å². The lowest BCUT2D eigenvalue weighted by molar-refractivity contribution is -0.216. The molecule has 5 rings (SSSR count). The first-order chi connectivity index (χ1) is 15.1. The third-order valence-corrected chi connectivity index (χ3v) is 9.85. The van der Waals surface area contributed by atoms with E-state index in [1.54, 1.807) is 0 Å². The molecule has 6 nitrogen and oxygen atoms in total. The summed E-state index contributed by atoms with van der Waals surface area (Å²) in [4.78, 5) is 0. The zero-order valence-corrected chi connectivity index (χ0v) is 19.2. The van der Waals surface area contributed by atoms with E-state index in [9.17, 15) is 10.2 Å². The summed E-state index contributed by atoms with van der Waals surface area (Å²) in [7, 11) is 0. The number of nitrogens with zero attached hydrogens (tertiary/aromatic N) is 2. The topological polar surface area (TPSA) is 117 Å². The number of benzene rings is 1. The standard InChI is InChI=1S/C26H36N4O2/c1-23-12-10-19(29-30-22(27)28)16-18(23)8-9-21-20(23)11-13-24(2)25(31,14-15-26(21,24)32)17-6-4-3-5-7-17/h3-8,20-21,31-32H,9-16H2,1-2H3,(H4,27,28,30)/t20-,21-,23+,24-,25?,26-/m1/s1. The van der Waals surface area contributed by atoms with Crippen molar-refractivity contribution in [1.29, 1.82) is 0 Å². The van der Waals surface area contributed by atoms with Crippen LogP contribution in [0.1, 0.15) is 70.8 Å². The van der Waals surface area contributed by atoms with Gasteiger partial charge in [0.25, 0.3) is 0 Å². The number of fused-ring (bicyclic) bond motifs is 5. The molecular weight excluding hydrogens is 400 g/mol. The van der Waals surface area contributed by atoms with Crippen LogP contribution in [0.4, 0.5) is 0 Å². The molecule has 1 aromatic rings. The highest BCUT2D eigenvalue weighted by atomic mass is 16.3. The largest absolute Gasteiger partial charge is 0.389 e. The van der Waals surface area contributed by atoms with Gasteiger partial charge in [-0.2, -0.15) is 5.10 Å². The second-order valence-electron chi connectivity index (χ2n) is 11.0. The van der Waals surface area contributed by atoms with E-state index >= 15 is 0 Å². The summed E-state index contributed by atoms with van der Waals surface area (Å²) in [6.07, 6.45) is 8.96. The number of aliphatic hydroxyl groups is 2. The lowest BCUT2D eigenvalue weighted by Crippen LogP contribution is -2.63. The summed E-state index contributed by atoms with van der Waals surface area (Å²) in [5.74, 6) is 0.553. The summed E-state index contributed by atoms with van der Waals surface area (Å²) < 4.78 is 0. The van der Waals surface area contributed by atoms with Gasteiger partial charge in [0.2, 0.25) is 5.96 Å². The Hall–Kier alpha value is -2.18. The molecule has 4 aliphatic rings. The zero-order valence-electron chi connectivity index (χ0n) is 19.2. The number of guanidine groups is 1. The van der Waals surface area contributed by atoms with Crippen molar-refractivity contribution in [3.8, 4) is 0 Å². The average molecular weight is 437 g/mol. The van der Waals surface area contributed by atoms with Gasteiger partial charge in [0.15, 0.2) is 0 Å². The predicted molar refractivity (Wildman–Crippen MR) is 127 cm³/mol. The van der Waals surface area contributed by atoms with Crippen LogP contribution in [0.15, 0.2) is 52.2 Å². The Morgan fingerprint density at radius 2 is 1.75 bits per heavy atom. The number of hydrogen-bond donors (Lipinski definition) is 4. The highest BCUT2D eigenvalue weighted by molar-refractivity contribution is 5.89.